The Kier molecular flexibility index (Phi) is 7.42. The molecule has 3 aromatic carbocycles. The fourth-order valence-electron chi connectivity index (χ4n) is 5.13. The number of benzene rings is 3. The summed E-state index contributed by atoms with van der Waals surface area (Å²) in [5.74, 6) is 2.10. The summed E-state index contributed by atoms with van der Waals surface area (Å²) in [7, 11) is 1.64. The highest BCUT2D eigenvalue weighted by atomic mass is 16.5. The number of rotatable bonds is 10. The quantitative estimate of drug-likeness (QED) is 0.250. The van der Waals surface area contributed by atoms with Gasteiger partial charge in [-0.15, -0.1) is 5.10 Å². The minimum atomic E-state index is -0.581. The summed E-state index contributed by atoms with van der Waals surface area (Å²) >= 11 is 0. The smallest absolute Gasteiger partial charge is 0.253 e. The predicted octanol–water partition coefficient (Wildman–Crippen LogP) is 5.26. The number of fused-ring (bicyclic) bond motifs is 1. The summed E-state index contributed by atoms with van der Waals surface area (Å²) in [6.07, 6.45) is 1.66. The minimum absolute atomic E-state index is 0.192. The molecule has 0 aliphatic carbocycles. The van der Waals surface area contributed by atoms with Crippen LogP contribution < -0.4 is 10.3 Å². The van der Waals surface area contributed by atoms with Crippen LogP contribution in [0.3, 0.4) is 0 Å². The van der Waals surface area contributed by atoms with Crippen LogP contribution in [0.25, 0.3) is 10.9 Å². The zero-order valence-electron chi connectivity index (χ0n) is 22.9. The highest BCUT2D eigenvalue weighted by Crippen LogP contribution is 2.30. The van der Waals surface area contributed by atoms with Crippen LogP contribution in [0.1, 0.15) is 39.9 Å². The normalized spacial score (nSPS) is 12.2. The van der Waals surface area contributed by atoms with Crippen molar-refractivity contribution in [2.75, 3.05) is 7.11 Å². The van der Waals surface area contributed by atoms with E-state index in [0.29, 0.717) is 31.0 Å². The Morgan fingerprint density at radius 3 is 2.54 bits per heavy atom. The van der Waals surface area contributed by atoms with Crippen molar-refractivity contribution in [1.82, 2.24) is 30.1 Å². The van der Waals surface area contributed by atoms with Crippen LogP contribution in [0, 0.1) is 6.92 Å². The van der Waals surface area contributed by atoms with E-state index in [1.54, 1.807) is 18.1 Å². The number of pyridine rings is 1. The molecule has 0 saturated heterocycles. The van der Waals surface area contributed by atoms with E-state index in [0.717, 1.165) is 39.1 Å². The van der Waals surface area contributed by atoms with Gasteiger partial charge >= 0.3 is 0 Å². The Bertz CT molecular complexity index is 1790. The van der Waals surface area contributed by atoms with E-state index in [1.807, 2.05) is 79.7 Å². The summed E-state index contributed by atoms with van der Waals surface area (Å²) in [5, 5.41) is 13.9. The maximum Gasteiger partial charge on any atom is 0.253 e. The fourth-order valence-corrected chi connectivity index (χ4v) is 5.13. The van der Waals surface area contributed by atoms with Crippen molar-refractivity contribution in [2.24, 2.45) is 0 Å². The van der Waals surface area contributed by atoms with Crippen LogP contribution in [0.5, 0.6) is 5.75 Å². The van der Waals surface area contributed by atoms with E-state index >= 15 is 0 Å². The van der Waals surface area contributed by atoms with E-state index in [-0.39, 0.29) is 5.56 Å². The fraction of sp³-hybridized carbons (Fsp3) is 0.188. The molecule has 1 N–H and O–H groups in total. The maximum atomic E-state index is 13.8. The van der Waals surface area contributed by atoms with Crippen molar-refractivity contribution >= 4 is 10.9 Å². The largest absolute Gasteiger partial charge is 0.497 e. The summed E-state index contributed by atoms with van der Waals surface area (Å²) in [6, 6.07) is 29.1. The molecular formula is C32H30N6O3. The first-order chi connectivity index (χ1) is 20.1. The first kappa shape index (κ1) is 26.2. The monoisotopic (exact) mass is 546 g/mol. The number of nitrogens with one attached hydrogen (secondary N) is 1. The third kappa shape index (κ3) is 5.80. The van der Waals surface area contributed by atoms with Gasteiger partial charge in [-0.1, -0.05) is 54.1 Å². The molecule has 3 heterocycles. The number of tetrazole rings is 1. The van der Waals surface area contributed by atoms with Gasteiger partial charge in [0.15, 0.2) is 5.82 Å². The number of hydrogen-bond acceptors (Lipinski definition) is 7. The van der Waals surface area contributed by atoms with Crippen LogP contribution in [0.4, 0.5) is 0 Å². The molecule has 9 nitrogen and oxygen atoms in total. The molecule has 9 heteroatoms. The molecule has 0 aliphatic heterocycles. The molecule has 0 spiro atoms. The molecule has 41 heavy (non-hydrogen) atoms. The van der Waals surface area contributed by atoms with Crippen LogP contribution >= 0.6 is 0 Å². The van der Waals surface area contributed by atoms with Gasteiger partial charge in [-0.05, 0) is 76.3 Å². The number of ether oxygens (including phenoxy) is 1. The molecule has 0 fully saturated rings. The number of H-pyrrole nitrogens is 1. The average Bonchev–Trinajstić information content (AvgIpc) is 3.67. The highest BCUT2D eigenvalue weighted by molar-refractivity contribution is 5.79. The maximum absolute atomic E-state index is 13.8. The van der Waals surface area contributed by atoms with Gasteiger partial charge in [0.25, 0.3) is 5.56 Å². The van der Waals surface area contributed by atoms with Gasteiger partial charge in [-0.2, -0.15) is 0 Å². The van der Waals surface area contributed by atoms with E-state index in [1.165, 1.54) is 0 Å². The lowest BCUT2D eigenvalue weighted by atomic mass is 10.0. The summed E-state index contributed by atoms with van der Waals surface area (Å²) in [6.45, 7) is 3.43. The van der Waals surface area contributed by atoms with Crippen molar-refractivity contribution in [3.63, 3.8) is 0 Å². The minimum Gasteiger partial charge on any atom is -0.497 e. The summed E-state index contributed by atoms with van der Waals surface area (Å²) in [4.78, 5) is 19.0. The Morgan fingerprint density at radius 2 is 1.78 bits per heavy atom. The number of aryl methyl sites for hydroxylation is 1. The van der Waals surface area contributed by atoms with E-state index in [9.17, 15) is 4.79 Å². The van der Waals surface area contributed by atoms with Crippen LogP contribution in [0.2, 0.25) is 0 Å². The predicted molar refractivity (Wildman–Crippen MR) is 155 cm³/mol. The lowest BCUT2D eigenvalue weighted by Crippen LogP contribution is -2.34. The highest BCUT2D eigenvalue weighted by Gasteiger charge is 2.31. The Hall–Kier alpha value is -5.02. The van der Waals surface area contributed by atoms with Gasteiger partial charge in [-0.25, -0.2) is 4.68 Å². The third-order valence-corrected chi connectivity index (χ3v) is 7.15. The lowest BCUT2D eigenvalue weighted by Gasteiger charge is -2.30. The molecular weight excluding hydrogens is 516 g/mol. The molecule has 6 aromatic rings. The van der Waals surface area contributed by atoms with Crippen LogP contribution in [0.15, 0.2) is 106 Å². The van der Waals surface area contributed by atoms with Crippen molar-refractivity contribution in [3.05, 3.63) is 141 Å². The molecule has 0 radical (unpaired) electrons. The second kappa shape index (κ2) is 11.6. The molecule has 0 unspecified atom stereocenters. The standard InChI is InChI=1S/C32H30N6O3/c1-22-10-15-29-25(17-22)18-28(32(39)33-29)30(31-34-35-36-38(31)20-24-11-13-26(40-2)14-12-24)37(21-27-9-6-16-41-27)19-23-7-4-3-5-8-23/h3-18,30H,19-21H2,1-2H3,(H,33,39)/t30-/m0/s1. The van der Waals surface area contributed by atoms with Gasteiger partial charge in [-0.3, -0.25) is 9.69 Å². The lowest BCUT2D eigenvalue weighted by molar-refractivity contribution is 0.179. The van der Waals surface area contributed by atoms with Crippen molar-refractivity contribution in [3.8, 4) is 5.75 Å². The van der Waals surface area contributed by atoms with E-state index in [4.69, 9.17) is 9.15 Å². The number of methoxy groups -OCH3 is 1. The number of hydrogen-bond donors (Lipinski definition) is 1. The third-order valence-electron chi connectivity index (χ3n) is 7.15. The van der Waals surface area contributed by atoms with Crippen LogP contribution in [-0.4, -0.2) is 37.2 Å². The number of aromatic nitrogens is 5. The van der Waals surface area contributed by atoms with Crippen molar-refractivity contribution < 1.29 is 9.15 Å². The van der Waals surface area contributed by atoms with Gasteiger partial charge in [0.1, 0.15) is 17.6 Å². The Balaban J connectivity index is 1.50. The molecule has 0 amide bonds. The molecule has 3 aromatic heterocycles. The first-order valence-electron chi connectivity index (χ1n) is 13.4. The zero-order chi connectivity index (χ0) is 28.2. The first-order valence-corrected chi connectivity index (χ1v) is 13.4. The Labute approximate surface area is 237 Å². The molecule has 6 rings (SSSR count). The molecule has 0 saturated carbocycles. The molecule has 0 bridgehead atoms. The van der Waals surface area contributed by atoms with Crippen molar-refractivity contribution in [1.29, 1.82) is 0 Å². The average molecular weight is 547 g/mol. The number of aromatic amines is 1. The van der Waals surface area contributed by atoms with Crippen LogP contribution in [-0.2, 0) is 19.6 Å². The van der Waals surface area contributed by atoms with Gasteiger partial charge in [0.05, 0.1) is 26.5 Å². The second-order valence-corrected chi connectivity index (χ2v) is 10.1. The SMILES string of the molecule is COc1ccc(Cn2nnnc2[C@H](c2cc3cc(C)ccc3[nH]c2=O)N(Cc2ccccc2)Cc2ccco2)cc1. The van der Waals surface area contributed by atoms with Gasteiger partial charge in [0.2, 0.25) is 0 Å². The summed E-state index contributed by atoms with van der Waals surface area (Å²) < 4.78 is 12.8. The molecule has 0 aliphatic rings. The van der Waals surface area contributed by atoms with E-state index < -0.39 is 6.04 Å². The van der Waals surface area contributed by atoms with Crippen molar-refractivity contribution in [2.45, 2.75) is 32.6 Å². The zero-order valence-corrected chi connectivity index (χ0v) is 22.9. The second-order valence-electron chi connectivity index (χ2n) is 10.1. The molecule has 206 valence electrons. The number of nitrogens with zero attached hydrogens (tertiary/aromatic N) is 5. The number of furan rings is 1. The van der Waals surface area contributed by atoms with Gasteiger partial charge < -0.3 is 14.1 Å². The molecule has 1 atom stereocenters. The van der Waals surface area contributed by atoms with Gasteiger partial charge in [0, 0.05) is 17.6 Å². The summed E-state index contributed by atoms with van der Waals surface area (Å²) in [5.41, 5.74) is 4.34. The van der Waals surface area contributed by atoms with E-state index in [2.05, 4.69) is 43.6 Å². The Morgan fingerprint density at radius 1 is 0.951 bits per heavy atom. The topological polar surface area (TPSA) is 102 Å².